The van der Waals surface area contributed by atoms with Crippen LogP contribution in [0.1, 0.15) is 16.9 Å². The number of carboxylic acid groups (broad SMARTS) is 1. The minimum Gasteiger partial charge on any atom is -0.476 e. The zero-order valence-corrected chi connectivity index (χ0v) is 7.59. The molecule has 0 unspecified atom stereocenters. The predicted molar refractivity (Wildman–Crippen MR) is 46.4 cm³/mol. The highest BCUT2D eigenvalue weighted by Crippen LogP contribution is 2.16. The molecule has 1 heterocycles. The van der Waals surface area contributed by atoms with Crippen LogP contribution in [-0.4, -0.2) is 32.5 Å². The highest BCUT2D eigenvalue weighted by molar-refractivity contribution is 5.89. The number of hydrogen-bond donors (Lipinski definition) is 1. The van der Waals surface area contributed by atoms with E-state index in [-0.39, 0.29) is 13.0 Å². The summed E-state index contributed by atoms with van der Waals surface area (Å²) in [4.78, 5) is 20.2. The molecule has 0 aliphatic heterocycles. The van der Waals surface area contributed by atoms with E-state index < -0.39 is 28.9 Å². The summed E-state index contributed by atoms with van der Waals surface area (Å²) in [5.74, 6) is -1.47. The van der Waals surface area contributed by atoms with E-state index in [4.69, 9.17) is 5.11 Å². The smallest absolute Gasteiger partial charge is 0.363 e. The second-order valence-electron chi connectivity index (χ2n) is 2.73. The first-order valence-corrected chi connectivity index (χ1v) is 4.07. The second kappa shape index (κ2) is 4.49. The molecule has 0 aliphatic rings. The van der Waals surface area contributed by atoms with Crippen LogP contribution in [0.2, 0.25) is 0 Å². The number of halogens is 1. The summed E-state index contributed by atoms with van der Waals surface area (Å²) in [6.45, 7) is -0.472. The fourth-order valence-corrected chi connectivity index (χ4v) is 1.03. The molecule has 0 radical (unpaired) electrons. The van der Waals surface area contributed by atoms with Crippen molar-refractivity contribution in [3.63, 3.8) is 0 Å². The van der Waals surface area contributed by atoms with Gasteiger partial charge >= 0.3 is 11.7 Å². The Balaban J connectivity index is 2.98. The average Bonchev–Trinajstić information content (AvgIpc) is 2.58. The lowest BCUT2D eigenvalue weighted by molar-refractivity contribution is -0.385. The minimum atomic E-state index is -1.47. The van der Waals surface area contributed by atoms with Gasteiger partial charge in [0.1, 0.15) is 6.20 Å². The number of aryl methyl sites for hydroxylation is 1. The molecule has 8 heteroatoms. The zero-order chi connectivity index (χ0) is 11.4. The van der Waals surface area contributed by atoms with Gasteiger partial charge in [-0.1, -0.05) is 0 Å². The van der Waals surface area contributed by atoms with Crippen LogP contribution in [-0.2, 0) is 6.54 Å². The van der Waals surface area contributed by atoms with Crippen molar-refractivity contribution in [2.75, 3.05) is 6.67 Å². The molecule has 82 valence electrons. The molecule has 0 amide bonds. The lowest BCUT2D eigenvalue weighted by Crippen LogP contribution is -2.04. The maximum Gasteiger partial charge on any atom is 0.363 e. The van der Waals surface area contributed by atoms with Crippen molar-refractivity contribution in [2.45, 2.75) is 13.0 Å². The molecule has 0 saturated carbocycles. The fraction of sp³-hybridized carbons (Fsp3) is 0.429. The summed E-state index contributed by atoms with van der Waals surface area (Å²) in [5, 5.41) is 22.5. The van der Waals surface area contributed by atoms with Crippen molar-refractivity contribution in [2.24, 2.45) is 0 Å². The largest absolute Gasteiger partial charge is 0.476 e. The van der Waals surface area contributed by atoms with E-state index in [0.717, 1.165) is 10.9 Å². The number of aromatic carboxylic acids is 1. The van der Waals surface area contributed by atoms with Crippen LogP contribution in [0.4, 0.5) is 10.1 Å². The van der Waals surface area contributed by atoms with Gasteiger partial charge in [-0.05, 0) is 6.42 Å². The highest BCUT2D eigenvalue weighted by atomic mass is 19.1. The van der Waals surface area contributed by atoms with Gasteiger partial charge in [0.2, 0.25) is 5.69 Å². The third kappa shape index (κ3) is 2.48. The molecule has 1 N–H and O–H groups in total. The zero-order valence-electron chi connectivity index (χ0n) is 7.59. The van der Waals surface area contributed by atoms with Gasteiger partial charge in [0.05, 0.1) is 11.6 Å². The molecule has 0 saturated heterocycles. The first-order valence-electron chi connectivity index (χ1n) is 4.07. The Morgan fingerprint density at radius 1 is 1.73 bits per heavy atom. The molecule has 0 aromatic carbocycles. The Hall–Kier alpha value is -1.99. The maximum absolute atomic E-state index is 11.8. The van der Waals surface area contributed by atoms with Gasteiger partial charge in [-0.2, -0.15) is 5.10 Å². The van der Waals surface area contributed by atoms with Crippen molar-refractivity contribution in [1.82, 2.24) is 9.78 Å². The van der Waals surface area contributed by atoms with Gasteiger partial charge < -0.3 is 5.11 Å². The first kappa shape index (κ1) is 11.1. The van der Waals surface area contributed by atoms with Crippen LogP contribution in [0.15, 0.2) is 6.20 Å². The molecule has 1 aromatic rings. The Labute approximate surface area is 83.3 Å². The van der Waals surface area contributed by atoms with Crippen molar-refractivity contribution in [1.29, 1.82) is 0 Å². The molecule has 7 nitrogen and oxygen atoms in total. The Bertz CT molecular complexity index is 358. The number of aromatic nitrogens is 2. The monoisotopic (exact) mass is 217 g/mol. The summed E-state index contributed by atoms with van der Waals surface area (Å²) >= 11 is 0. The van der Waals surface area contributed by atoms with E-state index in [0.29, 0.717) is 0 Å². The molecule has 0 fully saturated rings. The number of nitro groups is 1. The van der Waals surface area contributed by atoms with E-state index in [9.17, 15) is 19.3 Å². The van der Waals surface area contributed by atoms with Gasteiger partial charge in [0.25, 0.3) is 0 Å². The molecule has 0 aliphatic carbocycles. The van der Waals surface area contributed by atoms with Gasteiger partial charge in [-0.25, -0.2) is 4.79 Å². The Kier molecular flexibility index (Phi) is 3.32. The van der Waals surface area contributed by atoms with Crippen LogP contribution in [0.5, 0.6) is 0 Å². The van der Waals surface area contributed by atoms with E-state index in [1.165, 1.54) is 0 Å². The Morgan fingerprint density at radius 3 is 2.80 bits per heavy atom. The van der Waals surface area contributed by atoms with Crippen molar-refractivity contribution >= 4 is 11.7 Å². The van der Waals surface area contributed by atoms with Gasteiger partial charge in [0, 0.05) is 6.54 Å². The molecular weight excluding hydrogens is 209 g/mol. The Morgan fingerprint density at radius 2 is 2.40 bits per heavy atom. The SMILES string of the molecule is O=C(O)c1nn(CCCF)cc1[N+](=O)[O-]. The molecule has 15 heavy (non-hydrogen) atoms. The number of carbonyl (C=O) groups is 1. The second-order valence-corrected chi connectivity index (χ2v) is 2.73. The van der Waals surface area contributed by atoms with Gasteiger partial charge in [0.15, 0.2) is 0 Å². The molecule has 1 aromatic heterocycles. The third-order valence-corrected chi connectivity index (χ3v) is 1.66. The van der Waals surface area contributed by atoms with Crippen molar-refractivity contribution < 1.29 is 19.2 Å². The molecular formula is C7H8FN3O4. The third-order valence-electron chi connectivity index (χ3n) is 1.66. The summed E-state index contributed by atoms with van der Waals surface area (Å²) < 4.78 is 12.9. The van der Waals surface area contributed by atoms with Crippen LogP contribution in [0.25, 0.3) is 0 Å². The predicted octanol–water partition coefficient (Wildman–Crippen LogP) is 0.849. The average molecular weight is 217 g/mol. The standard InChI is InChI=1S/C7H8FN3O4/c8-2-1-3-10-4-5(11(14)15)6(9-10)7(12)13/h4H,1-3H2,(H,12,13). The molecule has 0 spiro atoms. The van der Waals surface area contributed by atoms with E-state index >= 15 is 0 Å². The van der Waals surface area contributed by atoms with Crippen LogP contribution < -0.4 is 0 Å². The number of nitrogens with zero attached hydrogens (tertiary/aromatic N) is 3. The van der Waals surface area contributed by atoms with Crippen LogP contribution in [0.3, 0.4) is 0 Å². The molecule has 1 rings (SSSR count). The van der Waals surface area contributed by atoms with Gasteiger partial charge in [-0.3, -0.25) is 19.2 Å². The summed E-state index contributed by atoms with van der Waals surface area (Å²) in [6.07, 6.45) is 1.12. The van der Waals surface area contributed by atoms with Crippen LogP contribution >= 0.6 is 0 Å². The fourth-order valence-electron chi connectivity index (χ4n) is 1.03. The number of hydrogen-bond acceptors (Lipinski definition) is 4. The summed E-state index contributed by atoms with van der Waals surface area (Å²) in [5.41, 5.74) is -1.21. The van der Waals surface area contributed by atoms with Gasteiger partial charge in [-0.15, -0.1) is 0 Å². The minimum absolute atomic E-state index is 0.116. The molecule has 0 bridgehead atoms. The normalized spacial score (nSPS) is 10.2. The lowest BCUT2D eigenvalue weighted by Gasteiger charge is -1.94. The number of rotatable bonds is 5. The quantitative estimate of drug-likeness (QED) is 0.582. The maximum atomic E-state index is 11.8. The van der Waals surface area contributed by atoms with Crippen LogP contribution in [0, 0.1) is 10.1 Å². The lowest BCUT2D eigenvalue weighted by atomic mass is 10.4. The first-order chi connectivity index (χ1) is 7.06. The van der Waals surface area contributed by atoms with E-state index in [1.54, 1.807) is 0 Å². The molecule has 0 atom stereocenters. The summed E-state index contributed by atoms with van der Waals surface area (Å²) in [6, 6.07) is 0. The van der Waals surface area contributed by atoms with Crippen molar-refractivity contribution in [3.05, 3.63) is 22.0 Å². The van der Waals surface area contributed by atoms with E-state index in [1.807, 2.05) is 0 Å². The highest BCUT2D eigenvalue weighted by Gasteiger charge is 2.24. The topological polar surface area (TPSA) is 98.3 Å². The van der Waals surface area contributed by atoms with E-state index in [2.05, 4.69) is 5.10 Å². The number of alkyl halides is 1. The summed E-state index contributed by atoms with van der Waals surface area (Å²) in [7, 11) is 0. The van der Waals surface area contributed by atoms with Crippen molar-refractivity contribution in [3.8, 4) is 0 Å². The number of carboxylic acids is 1.